The molecule has 4 nitrogen and oxygen atoms in total. The van der Waals surface area contributed by atoms with Crippen LogP contribution < -0.4 is 5.73 Å². The molecule has 20 heavy (non-hydrogen) atoms. The second-order valence-corrected chi connectivity index (χ2v) is 5.62. The summed E-state index contributed by atoms with van der Waals surface area (Å²) >= 11 is 0. The van der Waals surface area contributed by atoms with E-state index >= 15 is 0 Å². The predicted octanol–water partition coefficient (Wildman–Crippen LogP) is 1.47. The Balaban J connectivity index is 2.12. The SMILES string of the molecule is COCc1cccc(C(CN)N2CCCN(C)CC2)c1. The largest absolute Gasteiger partial charge is 0.380 e. The van der Waals surface area contributed by atoms with Crippen LogP contribution in [0, 0.1) is 0 Å². The quantitative estimate of drug-likeness (QED) is 0.885. The van der Waals surface area contributed by atoms with Gasteiger partial charge < -0.3 is 15.4 Å². The second kappa shape index (κ2) is 7.74. The zero-order valence-corrected chi connectivity index (χ0v) is 12.7. The van der Waals surface area contributed by atoms with E-state index in [9.17, 15) is 0 Å². The Kier molecular flexibility index (Phi) is 5.98. The minimum atomic E-state index is 0.318. The number of likely N-dealkylation sites (N-methyl/N-ethyl adjacent to an activating group) is 1. The van der Waals surface area contributed by atoms with Gasteiger partial charge >= 0.3 is 0 Å². The molecule has 0 radical (unpaired) electrons. The third-order valence-corrected chi connectivity index (χ3v) is 4.06. The number of hydrogen-bond donors (Lipinski definition) is 1. The van der Waals surface area contributed by atoms with Gasteiger partial charge in [-0.05, 0) is 31.1 Å². The molecule has 1 unspecified atom stereocenters. The normalized spacial score (nSPS) is 19.8. The number of ether oxygens (including phenoxy) is 1. The number of hydrogen-bond acceptors (Lipinski definition) is 4. The summed E-state index contributed by atoms with van der Waals surface area (Å²) in [5.41, 5.74) is 8.59. The van der Waals surface area contributed by atoms with Gasteiger partial charge in [-0.15, -0.1) is 0 Å². The Bertz CT molecular complexity index is 410. The summed E-state index contributed by atoms with van der Waals surface area (Å²) in [7, 11) is 3.93. The molecule has 1 aromatic rings. The minimum Gasteiger partial charge on any atom is -0.380 e. The predicted molar refractivity (Wildman–Crippen MR) is 82.6 cm³/mol. The summed E-state index contributed by atoms with van der Waals surface area (Å²) in [6.07, 6.45) is 1.21. The number of benzene rings is 1. The highest BCUT2D eigenvalue weighted by Gasteiger charge is 2.21. The molecular weight excluding hydrogens is 250 g/mol. The molecule has 1 saturated heterocycles. The zero-order chi connectivity index (χ0) is 14.4. The molecule has 1 heterocycles. The van der Waals surface area contributed by atoms with Crippen LogP contribution in [-0.2, 0) is 11.3 Å². The lowest BCUT2D eigenvalue weighted by molar-refractivity contribution is 0.184. The molecule has 0 aromatic heterocycles. The van der Waals surface area contributed by atoms with Crippen LogP contribution in [0.25, 0.3) is 0 Å². The highest BCUT2D eigenvalue weighted by Crippen LogP contribution is 2.22. The van der Waals surface area contributed by atoms with Crippen molar-refractivity contribution in [3.05, 3.63) is 35.4 Å². The smallest absolute Gasteiger partial charge is 0.0713 e. The van der Waals surface area contributed by atoms with Crippen LogP contribution in [0.1, 0.15) is 23.6 Å². The molecule has 0 spiro atoms. The number of rotatable bonds is 5. The lowest BCUT2D eigenvalue weighted by Gasteiger charge is -2.30. The maximum Gasteiger partial charge on any atom is 0.0713 e. The fourth-order valence-electron chi connectivity index (χ4n) is 2.93. The fraction of sp³-hybridized carbons (Fsp3) is 0.625. The van der Waals surface area contributed by atoms with Crippen molar-refractivity contribution in [1.29, 1.82) is 0 Å². The Hall–Kier alpha value is -0.940. The van der Waals surface area contributed by atoms with Crippen molar-refractivity contribution >= 4 is 0 Å². The van der Waals surface area contributed by atoms with Crippen molar-refractivity contribution in [2.24, 2.45) is 5.73 Å². The van der Waals surface area contributed by atoms with Crippen molar-refractivity contribution in [2.75, 3.05) is 46.9 Å². The molecule has 1 atom stereocenters. The highest BCUT2D eigenvalue weighted by molar-refractivity contribution is 5.26. The molecule has 1 fully saturated rings. The number of nitrogens with zero attached hydrogens (tertiary/aromatic N) is 2. The van der Waals surface area contributed by atoms with Gasteiger partial charge in [0.1, 0.15) is 0 Å². The molecule has 4 heteroatoms. The van der Waals surface area contributed by atoms with Crippen molar-refractivity contribution in [2.45, 2.75) is 19.1 Å². The third-order valence-electron chi connectivity index (χ3n) is 4.06. The number of nitrogens with two attached hydrogens (primary N) is 1. The van der Waals surface area contributed by atoms with E-state index in [2.05, 4.69) is 41.1 Å². The zero-order valence-electron chi connectivity index (χ0n) is 12.7. The molecule has 0 saturated carbocycles. The van der Waals surface area contributed by atoms with Crippen molar-refractivity contribution < 1.29 is 4.74 Å². The highest BCUT2D eigenvalue weighted by atomic mass is 16.5. The maximum atomic E-state index is 6.06. The van der Waals surface area contributed by atoms with Crippen molar-refractivity contribution in [3.8, 4) is 0 Å². The van der Waals surface area contributed by atoms with Gasteiger partial charge in [-0.2, -0.15) is 0 Å². The topological polar surface area (TPSA) is 41.7 Å². The summed E-state index contributed by atoms with van der Waals surface area (Å²) < 4.78 is 5.22. The van der Waals surface area contributed by atoms with E-state index in [4.69, 9.17) is 10.5 Å². The monoisotopic (exact) mass is 277 g/mol. The summed E-state index contributed by atoms with van der Waals surface area (Å²) in [4.78, 5) is 4.92. The molecule has 1 aliphatic rings. The van der Waals surface area contributed by atoms with Gasteiger partial charge in [-0.25, -0.2) is 0 Å². The molecular formula is C16H27N3O. The van der Waals surface area contributed by atoms with Gasteiger partial charge in [0, 0.05) is 39.3 Å². The molecule has 1 aliphatic heterocycles. The van der Waals surface area contributed by atoms with Crippen LogP contribution in [0.4, 0.5) is 0 Å². The summed E-state index contributed by atoms with van der Waals surface area (Å²) in [5, 5.41) is 0. The van der Waals surface area contributed by atoms with E-state index in [1.54, 1.807) is 7.11 Å². The van der Waals surface area contributed by atoms with Crippen LogP contribution in [0.2, 0.25) is 0 Å². The minimum absolute atomic E-state index is 0.318. The van der Waals surface area contributed by atoms with Gasteiger partial charge in [0.05, 0.1) is 6.61 Å². The lowest BCUT2D eigenvalue weighted by atomic mass is 10.0. The molecule has 2 rings (SSSR count). The van der Waals surface area contributed by atoms with Crippen LogP contribution >= 0.6 is 0 Å². The molecule has 2 N–H and O–H groups in total. The average molecular weight is 277 g/mol. The van der Waals surface area contributed by atoms with Crippen molar-refractivity contribution in [1.82, 2.24) is 9.80 Å². The van der Waals surface area contributed by atoms with Crippen molar-refractivity contribution in [3.63, 3.8) is 0 Å². The maximum absolute atomic E-state index is 6.06. The standard InChI is InChI=1S/C16H27N3O/c1-18-7-4-8-19(10-9-18)16(12-17)15-6-3-5-14(11-15)13-20-2/h3,5-6,11,16H,4,7-10,12-13,17H2,1-2H3. The van der Waals surface area contributed by atoms with E-state index in [1.807, 2.05) is 0 Å². The first-order valence-corrected chi connectivity index (χ1v) is 7.45. The first-order chi connectivity index (χ1) is 9.74. The van der Waals surface area contributed by atoms with E-state index in [1.165, 1.54) is 24.1 Å². The van der Waals surface area contributed by atoms with E-state index in [-0.39, 0.29) is 0 Å². The first-order valence-electron chi connectivity index (χ1n) is 7.45. The van der Waals surface area contributed by atoms with E-state index in [0.717, 1.165) is 19.6 Å². The first kappa shape index (κ1) is 15.4. The fourth-order valence-corrected chi connectivity index (χ4v) is 2.93. The van der Waals surface area contributed by atoms with E-state index in [0.29, 0.717) is 19.2 Å². The average Bonchev–Trinajstić information content (AvgIpc) is 2.66. The summed E-state index contributed by atoms with van der Waals surface area (Å²) in [5.74, 6) is 0. The van der Waals surface area contributed by atoms with Gasteiger partial charge in [0.25, 0.3) is 0 Å². The summed E-state index contributed by atoms with van der Waals surface area (Å²) in [6, 6.07) is 8.95. The Labute approximate surface area is 122 Å². The van der Waals surface area contributed by atoms with Gasteiger partial charge in [0.2, 0.25) is 0 Å². The van der Waals surface area contributed by atoms with Crippen LogP contribution in [0.5, 0.6) is 0 Å². The Morgan fingerprint density at radius 3 is 2.85 bits per heavy atom. The van der Waals surface area contributed by atoms with Crippen LogP contribution in [-0.4, -0.2) is 56.7 Å². The van der Waals surface area contributed by atoms with Crippen LogP contribution in [0.3, 0.4) is 0 Å². The van der Waals surface area contributed by atoms with E-state index < -0.39 is 0 Å². The Morgan fingerprint density at radius 1 is 1.25 bits per heavy atom. The van der Waals surface area contributed by atoms with Gasteiger partial charge in [0.15, 0.2) is 0 Å². The molecule has 0 amide bonds. The third kappa shape index (κ3) is 4.03. The van der Waals surface area contributed by atoms with Gasteiger partial charge in [-0.1, -0.05) is 24.3 Å². The lowest BCUT2D eigenvalue weighted by Crippen LogP contribution is -2.36. The van der Waals surface area contributed by atoms with Gasteiger partial charge in [-0.3, -0.25) is 4.90 Å². The molecule has 0 bridgehead atoms. The molecule has 0 aliphatic carbocycles. The van der Waals surface area contributed by atoms with Crippen LogP contribution in [0.15, 0.2) is 24.3 Å². The number of methoxy groups -OCH3 is 1. The Morgan fingerprint density at radius 2 is 2.10 bits per heavy atom. The molecule has 1 aromatic carbocycles. The molecule has 112 valence electrons. The second-order valence-electron chi connectivity index (χ2n) is 5.62. The summed E-state index contributed by atoms with van der Waals surface area (Å²) in [6.45, 7) is 5.84.